The van der Waals surface area contributed by atoms with Gasteiger partial charge in [0, 0.05) is 26.6 Å². The lowest BCUT2D eigenvalue weighted by molar-refractivity contribution is -0.120. The highest BCUT2D eigenvalue weighted by molar-refractivity contribution is 14.0. The lowest BCUT2D eigenvalue weighted by Crippen LogP contribution is -2.39. The maximum Gasteiger partial charge on any atom is 0.221 e. The summed E-state index contributed by atoms with van der Waals surface area (Å²) in [5, 5.41) is 6.13. The van der Waals surface area contributed by atoms with Gasteiger partial charge in [0.25, 0.3) is 0 Å². The number of hydrogen-bond donors (Lipinski definition) is 3. The third-order valence-electron chi connectivity index (χ3n) is 3.97. The van der Waals surface area contributed by atoms with Gasteiger partial charge < -0.3 is 20.5 Å². The number of nitrogens with one attached hydrogen (secondary N) is 3. The number of benzene rings is 1. The summed E-state index contributed by atoms with van der Waals surface area (Å²) >= 11 is 0. The number of imidazole rings is 1. The summed E-state index contributed by atoms with van der Waals surface area (Å²) in [6, 6.07) is 10.1. The van der Waals surface area contributed by atoms with E-state index in [4.69, 9.17) is 0 Å². The van der Waals surface area contributed by atoms with E-state index in [0.29, 0.717) is 26.1 Å². The minimum absolute atomic E-state index is 0. The van der Waals surface area contributed by atoms with Gasteiger partial charge in [0.15, 0.2) is 5.96 Å². The first-order valence-corrected chi connectivity index (χ1v) is 9.49. The van der Waals surface area contributed by atoms with Crippen molar-refractivity contribution >= 4 is 35.8 Å². The Balaban J connectivity index is 0.00000392. The molecule has 7 nitrogen and oxygen atoms in total. The Morgan fingerprint density at radius 1 is 1.21 bits per heavy atom. The van der Waals surface area contributed by atoms with Crippen molar-refractivity contribution in [3.63, 3.8) is 0 Å². The zero-order valence-corrected chi connectivity index (χ0v) is 19.2. The molecule has 0 aliphatic carbocycles. The minimum atomic E-state index is 0. The summed E-state index contributed by atoms with van der Waals surface area (Å²) in [5.41, 5.74) is 2.10. The average Bonchev–Trinajstić information content (AvgIpc) is 3.14. The smallest absolute Gasteiger partial charge is 0.221 e. The zero-order valence-electron chi connectivity index (χ0n) is 16.9. The number of H-pyrrole nitrogens is 1. The number of hydrogen-bond acceptors (Lipinski definition) is 3. The van der Waals surface area contributed by atoms with Gasteiger partial charge in [0.2, 0.25) is 5.91 Å². The summed E-state index contributed by atoms with van der Waals surface area (Å²) in [6.07, 6.45) is 3.18. The SMILES string of the molecule is CCCNC(=O)CCN=C(NCC)N(C)Cc1ncc(-c2ccccc2)[nH]1.I. The summed E-state index contributed by atoms with van der Waals surface area (Å²) in [4.78, 5) is 26.1. The predicted octanol–water partition coefficient (Wildman–Crippen LogP) is 3.01. The van der Waals surface area contributed by atoms with Crippen molar-refractivity contribution in [2.45, 2.75) is 33.2 Å². The molecule has 1 amide bonds. The number of nitrogens with zero attached hydrogens (tertiary/aromatic N) is 3. The van der Waals surface area contributed by atoms with E-state index in [1.54, 1.807) is 0 Å². The number of aromatic amines is 1. The van der Waals surface area contributed by atoms with Crippen LogP contribution in [0.3, 0.4) is 0 Å². The van der Waals surface area contributed by atoms with Gasteiger partial charge in [0.1, 0.15) is 5.82 Å². The second kappa shape index (κ2) is 13.1. The number of amides is 1. The minimum Gasteiger partial charge on any atom is -0.357 e. The predicted molar refractivity (Wildman–Crippen MR) is 125 cm³/mol. The molecule has 1 heterocycles. The molecular weight excluding hydrogens is 467 g/mol. The van der Waals surface area contributed by atoms with Gasteiger partial charge in [-0.15, -0.1) is 24.0 Å². The van der Waals surface area contributed by atoms with Crippen molar-refractivity contribution in [3.8, 4) is 11.3 Å². The van der Waals surface area contributed by atoms with Gasteiger partial charge in [-0.25, -0.2) is 4.98 Å². The highest BCUT2D eigenvalue weighted by Gasteiger charge is 2.10. The number of carbonyl (C=O) groups excluding carboxylic acids is 1. The molecule has 0 aliphatic rings. The Morgan fingerprint density at radius 3 is 2.64 bits per heavy atom. The molecule has 0 spiro atoms. The molecule has 0 aliphatic heterocycles. The number of aliphatic imine (C=N–C) groups is 1. The van der Waals surface area contributed by atoms with Crippen LogP contribution in [0, 0.1) is 0 Å². The van der Waals surface area contributed by atoms with Crippen LogP contribution in [0.25, 0.3) is 11.3 Å². The molecule has 154 valence electrons. The zero-order chi connectivity index (χ0) is 19.5. The molecule has 3 N–H and O–H groups in total. The molecule has 0 bridgehead atoms. The molecule has 0 fully saturated rings. The van der Waals surface area contributed by atoms with E-state index in [-0.39, 0.29) is 29.9 Å². The third-order valence-corrected chi connectivity index (χ3v) is 3.97. The van der Waals surface area contributed by atoms with Crippen LogP contribution in [0.4, 0.5) is 0 Å². The molecular formula is C20H31IN6O. The Labute approximate surface area is 184 Å². The standard InChI is InChI=1S/C20H30N6O.HI/c1-4-12-22-19(27)11-13-23-20(21-5-2)26(3)15-18-24-14-17(25-18)16-9-7-6-8-10-16;/h6-10,14H,4-5,11-13,15H2,1-3H3,(H,21,23)(H,22,27)(H,24,25);1H. The lowest BCUT2D eigenvalue weighted by atomic mass is 10.2. The van der Waals surface area contributed by atoms with Gasteiger partial charge >= 0.3 is 0 Å². The van der Waals surface area contributed by atoms with Crippen molar-refractivity contribution in [2.75, 3.05) is 26.7 Å². The third kappa shape index (κ3) is 7.87. The Bertz CT molecular complexity index is 731. The lowest BCUT2D eigenvalue weighted by Gasteiger charge is -2.21. The fourth-order valence-electron chi connectivity index (χ4n) is 2.59. The molecule has 0 atom stereocenters. The van der Waals surface area contributed by atoms with Gasteiger partial charge in [0.05, 0.1) is 25.0 Å². The highest BCUT2D eigenvalue weighted by Crippen LogP contribution is 2.16. The maximum absolute atomic E-state index is 11.7. The van der Waals surface area contributed by atoms with Crippen LogP contribution in [-0.4, -0.2) is 53.4 Å². The van der Waals surface area contributed by atoms with Crippen molar-refractivity contribution in [3.05, 3.63) is 42.4 Å². The number of aromatic nitrogens is 2. The van der Waals surface area contributed by atoms with Gasteiger partial charge in [-0.1, -0.05) is 37.3 Å². The molecule has 0 radical (unpaired) electrons. The summed E-state index contributed by atoms with van der Waals surface area (Å²) < 4.78 is 0. The van der Waals surface area contributed by atoms with Crippen LogP contribution in [0.5, 0.6) is 0 Å². The van der Waals surface area contributed by atoms with Crippen molar-refractivity contribution in [1.29, 1.82) is 0 Å². The van der Waals surface area contributed by atoms with Crippen LogP contribution in [0.2, 0.25) is 0 Å². The molecule has 8 heteroatoms. The molecule has 0 saturated heterocycles. The van der Waals surface area contributed by atoms with Gasteiger partial charge in [-0.3, -0.25) is 9.79 Å². The van der Waals surface area contributed by atoms with Gasteiger partial charge in [-0.2, -0.15) is 0 Å². The van der Waals surface area contributed by atoms with E-state index < -0.39 is 0 Å². The van der Waals surface area contributed by atoms with Crippen LogP contribution in [-0.2, 0) is 11.3 Å². The molecule has 1 aromatic heterocycles. The number of carbonyl (C=O) groups is 1. The summed E-state index contributed by atoms with van der Waals surface area (Å²) in [7, 11) is 1.96. The molecule has 28 heavy (non-hydrogen) atoms. The molecule has 2 rings (SSSR count). The molecule has 1 aromatic carbocycles. The first-order chi connectivity index (χ1) is 13.1. The van der Waals surface area contributed by atoms with Crippen molar-refractivity contribution in [1.82, 2.24) is 25.5 Å². The largest absolute Gasteiger partial charge is 0.357 e. The van der Waals surface area contributed by atoms with Gasteiger partial charge in [-0.05, 0) is 18.9 Å². The van der Waals surface area contributed by atoms with E-state index >= 15 is 0 Å². The second-order valence-corrected chi connectivity index (χ2v) is 6.30. The topological polar surface area (TPSA) is 85.4 Å². The van der Waals surface area contributed by atoms with Crippen molar-refractivity contribution in [2.24, 2.45) is 4.99 Å². The maximum atomic E-state index is 11.7. The number of rotatable bonds is 9. The summed E-state index contributed by atoms with van der Waals surface area (Å²) in [6.45, 7) is 6.59. The van der Waals surface area contributed by atoms with Crippen molar-refractivity contribution < 1.29 is 4.79 Å². The Kier molecular flexibility index (Phi) is 11.2. The monoisotopic (exact) mass is 498 g/mol. The van der Waals surface area contributed by atoms with Crippen LogP contribution < -0.4 is 10.6 Å². The van der Waals surface area contributed by atoms with Crippen LogP contribution in [0.1, 0.15) is 32.5 Å². The quantitative estimate of drug-likeness (QED) is 0.282. The second-order valence-electron chi connectivity index (χ2n) is 6.30. The molecule has 0 saturated carbocycles. The molecule has 2 aromatic rings. The fraction of sp³-hybridized carbons (Fsp3) is 0.450. The van der Waals surface area contributed by atoms with Crippen LogP contribution >= 0.6 is 24.0 Å². The molecule has 0 unspecified atom stereocenters. The average molecular weight is 498 g/mol. The van der Waals surface area contributed by atoms with E-state index in [9.17, 15) is 4.79 Å². The first-order valence-electron chi connectivity index (χ1n) is 9.49. The van der Waals surface area contributed by atoms with E-state index in [2.05, 4.69) is 37.7 Å². The highest BCUT2D eigenvalue weighted by atomic mass is 127. The summed E-state index contributed by atoms with van der Waals surface area (Å²) in [5.74, 6) is 1.67. The van der Waals surface area contributed by atoms with E-state index in [0.717, 1.165) is 36.0 Å². The Hall–Kier alpha value is -2.10. The van der Waals surface area contributed by atoms with Crippen LogP contribution in [0.15, 0.2) is 41.5 Å². The number of guanidine groups is 1. The first kappa shape index (κ1) is 23.9. The normalized spacial score (nSPS) is 10.9. The van der Waals surface area contributed by atoms with E-state index in [1.165, 1.54) is 0 Å². The number of halogens is 1. The Morgan fingerprint density at radius 2 is 1.96 bits per heavy atom. The van der Waals surface area contributed by atoms with E-state index in [1.807, 2.05) is 50.2 Å². The fourth-order valence-corrected chi connectivity index (χ4v) is 2.59.